The number of ether oxygens (including phenoxy) is 1. The molecule has 0 aliphatic carbocycles. The summed E-state index contributed by atoms with van der Waals surface area (Å²) in [5, 5.41) is 20.5. The molecule has 0 unspecified atom stereocenters. The first-order chi connectivity index (χ1) is 9.40. The number of benzene rings is 1. The van der Waals surface area contributed by atoms with Crippen LogP contribution in [0.2, 0.25) is 0 Å². The topological polar surface area (TPSA) is 95.9 Å². The summed E-state index contributed by atoms with van der Waals surface area (Å²) < 4.78 is 5.01. The fourth-order valence-corrected chi connectivity index (χ4v) is 1.68. The molecule has 0 saturated carbocycles. The summed E-state index contributed by atoms with van der Waals surface area (Å²) in [5.74, 6) is -1.45. The first-order valence-electron chi connectivity index (χ1n) is 6.30. The summed E-state index contributed by atoms with van der Waals surface area (Å²) in [6.45, 7) is 3.73. The van der Waals surface area contributed by atoms with E-state index in [1.54, 1.807) is 24.3 Å². The number of aliphatic carboxylic acids is 2. The fourth-order valence-electron chi connectivity index (χ4n) is 1.68. The van der Waals surface area contributed by atoms with Crippen molar-refractivity contribution in [1.82, 2.24) is 5.32 Å². The molecule has 3 N–H and O–H groups in total. The van der Waals surface area contributed by atoms with Crippen molar-refractivity contribution in [2.75, 3.05) is 6.61 Å². The van der Waals surface area contributed by atoms with Crippen LogP contribution >= 0.6 is 0 Å². The molecule has 0 aliphatic heterocycles. The van der Waals surface area contributed by atoms with Crippen LogP contribution in [0.3, 0.4) is 0 Å². The van der Waals surface area contributed by atoms with Crippen molar-refractivity contribution in [2.45, 2.75) is 26.4 Å². The maximum Gasteiger partial charge on any atom is 0.341 e. The van der Waals surface area contributed by atoms with Crippen molar-refractivity contribution in [3.8, 4) is 5.75 Å². The van der Waals surface area contributed by atoms with Crippen LogP contribution in [0.25, 0.3) is 0 Å². The number of hydrogen-bond donors (Lipinski definition) is 3. The van der Waals surface area contributed by atoms with Gasteiger partial charge in [0.15, 0.2) is 6.61 Å². The van der Waals surface area contributed by atoms with E-state index in [0.29, 0.717) is 12.3 Å². The Kier molecular flexibility index (Phi) is 5.99. The summed E-state index contributed by atoms with van der Waals surface area (Å²) in [6.07, 6.45) is 0. The Hall–Kier alpha value is -2.08. The van der Waals surface area contributed by atoms with Crippen molar-refractivity contribution in [3.63, 3.8) is 0 Å². The van der Waals surface area contributed by atoms with Gasteiger partial charge in [0.1, 0.15) is 11.8 Å². The van der Waals surface area contributed by atoms with Crippen molar-refractivity contribution >= 4 is 11.9 Å². The number of rotatable bonds is 8. The predicted octanol–water partition coefficient (Wildman–Crippen LogP) is 1.35. The number of carbonyl (C=O) groups is 2. The lowest BCUT2D eigenvalue weighted by atomic mass is 10.0. The molecule has 0 saturated heterocycles. The molecule has 6 heteroatoms. The predicted molar refractivity (Wildman–Crippen MR) is 72.7 cm³/mol. The molecule has 0 bridgehead atoms. The lowest BCUT2D eigenvalue weighted by molar-refractivity contribution is -0.141. The van der Waals surface area contributed by atoms with Gasteiger partial charge in [0.2, 0.25) is 0 Å². The Bertz CT molecular complexity index is 455. The summed E-state index contributed by atoms with van der Waals surface area (Å²) in [4.78, 5) is 21.4. The molecular weight excluding hydrogens is 262 g/mol. The Balaban J connectivity index is 2.52. The van der Waals surface area contributed by atoms with Crippen LogP contribution in [0.1, 0.15) is 19.4 Å². The smallest absolute Gasteiger partial charge is 0.341 e. The second-order valence-electron chi connectivity index (χ2n) is 4.77. The van der Waals surface area contributed by atoms with Crippen molar-refractivity contribution in [1.29, 1.82) is 0 Å². The van der Waals surface area contributed by atoms with Gasteiger partial charge < -0.3 is 20.3 Å². The molecular formula is C14H19NO5. The van der Waals surface area contributed by atoms with Gasteiger partial charge >= 0.3 is 11.9 Å². The molecule has 0 radical (unpaired) electrons. The molecule has 6 nitrogen and oxygen atoms in total. The number of carboxylic acid groups (broad SMARTS) is 2. The summed E-state index contributed by atoms with van der Waals surface area (Å²) in [5.41, 5.74) is 0.902. The SMILES string of the molecule is CC(C)[C@H](NCc1ccc(OCC(=O)O)cc1)C(=O)O. The molecule has 0 spiro atoms. The van der Waals surface area contributed by atoms with Gasteiger partial charge in [0, 0.05) is 6.54 Å². The zero-order valence-corrected chi connectivity index (χ0v) is 11.5. The quantitative estimate of drug-likeness (QED) is 0.665. The maximum absolute atomic E-state index is 11.0. The van der Waals surface area contributed by atoms with Crippen LogP contribution < -0.4 is 10.1 Å². The van der Waals surface area contributed by atoms with Crippen LogP contribution in [-0.4, -0.2) is 34.8 Å². The highest BCUT2D eigenvalue weighted by molar-refractivity contribution is 5.73. The van der Waals surface area contributed by atoms with Crippen LogP contribution in [0.4, 0.5) is 0 Å². The van der Waals surface area contributed by atoms with Crippen LogP contribution in [0, 0.1) is 5.92 Å². The van der Waals surface area contributed by atoms with E-state index in [0.717, 1.165) is 5.56 Å². The Morgan fingerprint density at radius 3 is 2.25 bits per heavy atom. The Labute approximate surface area is 117 Å². The molecule has 0 amide bonds. The normalized spacial score (nSPS) is 12.2. The minimum atomic E-state index is -1.03. The van der Waals surface area contributed by atoms with Gasteiger partial charge in [-0.25, -0.2) is 4.79 Å². The lowest BCUT2D eigenvalue weighted by Gasteiger charge is -2.18. The molecule has 1 rings (SSSR count). The minimum Gasteiger partial charge on any atom is -0.482 e. The number of carboxylic acids is 2. The zero-order chi connectivity index (χ0) is 15.1. The van der Waals surface area contributed by atoms with E-state index in [4.69, 9.17) is 14.9 Å². The van der Waals surface area contributed by atoms with E-state index in [1.807, 2.05) is 13.8 Å². The average Bonchev–Trinajstić information content (AvgIpc) is 2.37. The summed E-state index contributed by atoms with van der Waals surface area (Å²) >= 11 is 0. The number of hydrogen-bond acceptors (Lipinski definition) is 4. The first kappa shape index (κ1) is 16.0. The second-order valence-corrected chi connectivity index (χ2v) is 4.77. The minimum absolute atomic E-state index is 0.00864. The van der Waals surface area contributed by atoms with E-state index in [1.165, 1.54) is 0 Å². The van der Waals surface area contributed by atoms with Gasteiger partial charge in [-0.2, -0.15) is 0 Å². The van der Waals surface area contributed by atoms with Gasteiger partial charge in [-0.15, -0.1) is 0 Å². The van der Waals surface area contributed by atoms with Crippen LogP contribution in [-0.2, 0) is 16.1 Å². The van der Waals surface area contributed by atoms with Gasteiger partial charge in [-0.3, -0.25) is 4.79 Å². The third kappa shape index (κ3) is 5.27. The third-order valence-electron chi connectivity index (χ3n) is 2.74. The molecule has 1 aromatic rings. The van der Waals surface area contributed by atoms with Crippen molar-refractivity contribution in [2.24, 2.45) is 5.92 Å². The van der Waals surface area contributed by atoms with Crippen molar-refractivity contribution in [3.05, 3.63) is 29.8 Å². The molecule has 0 aliphatic rings. The van der Waals surface area contributed by atoms with Crippen LogP contribution in [0.5, 0.6) is 5.75 Å². The molecule has 20 heavy (non-hydrogen) atoms. The first-order valence-corrected chi connectivity index (χ1v) is 6.30. The maximum atomic E-state index is 11.0. The lowest BCUT2D eigenvalue weighted by Crippen LogP contribution is -2.40. The van der Waals surface area contributed by atoms with E-state index in [9.17, 15) is 9.59 Å². The van der Waals surface area contributed by atoms with Gasteiger partial charge in [-0.1, -0.05) is 26.0 Å². The number of nitrogens with one attached hydrogen (secondary N) is 1. The van der Waals surface area contributed by atoms with Crippen LogP contribution in [0.15, 0.2) is 24.3 Å². The fraction of sp³-hybridized carbons (Fsp3) is 0.429. The van der Waals surface area contributed by atoms with Gasteiger partial charge in [0.25, 0.3) is 0 Å². The second kappa shape index (κ2) is 7.49. The largest absolute Gasteiger partial charge is 0.482 e. The molecule has 110 valence electrons. The van der Waals surface area contributed by atoms with E-state index < -0.39 is 18.0 Å². The summed E-state index contributed by atoms with van der Waals surface area (Å²) in [7, 11) is 0. The average molecular weight is 281 g/mol. The highest BCUT2D eigenvalue weighted by Gasteiger charge is 2.20. The van der Waals surface area contributed by atoms with E-state index >= 15 is 0 Å². The molecule has 1 aromatic carbocycles. The van der Waals surface area contributed by atoms with Gasteiger partial charge in [-0.05, 0) is 23.6 Å². The Morgan fingerprint density at radius 1 is 1.20 bits per heavy atom. The molecule has 0 aromatic heterocycles. The highest BCUT2D eigenvalue weighted by Crippen LogP contribution is 2.12. The standard InChI is InChI=1S/C14H19NO5/c1-9(2)13(14(18)19)15-7-10-3-5-11(6-4-10)20-8-12(16)17/h3-6,9,13,15H,7-8H2,1-2H3,(H,16,17)(H,18,19)/t13-/m0/s1. The zero-order valence-electron chi connectivity index (χ0n) is 11.5. The van der Waals surface area contributed by atoms with Gasteiger partial charge in [0.05, 0.1) is 0 Å². The summed E-state index contributed by atoms with van der Waals surface area (Å²) in [6, 6.07) is 6.25. The molecule has 0 heterocycles. The monoisotopic (exact) mass is 281 g/mol. The van der Waals surface area contributed by atoms with Crippen molar-refractivity contribution < 1.29 is 24.5 Å². The van der Waals surface area contributed by atoms with E-state index in [-0.39, 0.29) is 12.5 Å². The third-order valence-corrected chi connectivity index (χ3v) is 2.74. The van der Waals surface area contributed by atoms with E-state index in [2.05, 4.69) is 5.32 Å². The molecule has 0 fully saturated rings. The molecule has 1 atom stereocenters. The Morgan fingerprint density at radius 2 is 1.80 bits per heavy atom. The highest BCUT2D eigenvalue weighted by atomic mass is 16.5.